The van der Waals surface area contributed by atoms with Crippen LogP contribution in [0.1, 0.15) is 108 Å². The van der Waals surface area contributed by atoms with E-state index in [1.165, 1.54) is 64.2 Å². The van der Waals surface area contributed by atoms with Crippen molar-refractivity contribution in [2.24, 2.45) is 0 Å². The molecule has 0 N–H and O–H groups in total. The Morgan fingerprint density at radius 3 is 1.88 bits per heavy atom. The van der Waals surface area contributed by atoms with Gasteiger partial charge in [-0.1, -0.05) is 69.9 Å². The number of aryl methyl sites for hydroxylation is 1. The molecule has 2 rings (SSSR count). The van der Waals surface area contributed by atoms with E-state index in [-0.39, 0.29) is 5.78 Å². The summed E-state index contributed by atoms with van der Waals surface area (Å²) in [5.74, 6) is 0.215. The van der Waals surface area contributed by atoms with Gasteiger partial charge >= 0.3 is 0 Å². The van der Waals surface area contributed by atoms with Gasteiger partial charge in [-0.2, -0.15) is 0 Å². The molecule has 0 radical (unpaired) electrons. The number of hydrogen-bond acceptors (Lipinski definition) is 3. The summed E-state index contributed by atoms with van der Waals surface area (Å²) in [6.07, 6.45) is 16.4. The summed E-state index contributed by atoms with van der Waals surface area (Å²) in [7, 11) is 0. The van der Waals surface area contributed by atoms with E-state index in [9.17, 15) is 4.79 Å². The number of benzene rings is 1. The van der Waals surface area contributed by atoms with E-state index in [0.29, 0.717) is 6.54 Å². The quantitative estimate of drug-likeness (QED) is 0.141. The number of ketones is 1. The third-order valence-corrected chi connectivity index (χ3v) is 7.27. The molecule has 0 fully saturated rings. The summed E-state index contributed by atoms with van der Waals surface area (Å²) in [6.45, 7) is 12.3. The number of unbranched alkanes of at least 4 members (excludes halogenated alkanes) is 9. The van der Waals surface area contributed by atoms with Crippen LogP contribution in [0.3, 0.4) is 0 Å². The Hall–Kier alpha value is -2.01. The number of quaternary nitrogens is 1. The third kappa shape index (κ3) is 9.04. The predicted molar refractivity (Wildman–Crippen MR) is 138 cm³/mol. The van der Waals surface area contributed by atoms with Crippen molar-refractivity contribution in [2.45, 2.75) is 98.3 Å². The number of carbonyl (C=O) groups excluding carboxylic acids is 1. The van der Waals surface area contributed by atoms with Gasteiger partial charge in [0.1, 0.15) is 6.54 Å². The fourth-order valence-corrected chi connectivity index (χ4v) is 4.53. The lowest BCUT2D eigenvalue weighted by atomic mass is 10.1. The minimum absolute atomic E-state index is 0.215. The topological polar surface area (TPSA) is 47.8 Å². The zero-order valence-corrected chi connectivity index (χ0v) is 21.7. The molecule has 33 heavy (non-hydrogen) atoms. The van der Waals surface area contributed by atoms with Crippen molar-refractivity contribution >= 4 is 5.78 Å². The highest BCUT2D eigenvalue weighted by Crippen LogP contribution is 2.15. The molecule has 184 valence electrons. The van der Waals surface area contributed by atoms with Gasteiger partial charge in [0.25, 0.3) is 0 Å². The van der Waals surface area contributed by atoms with E-state index >= 15 is 0 Å². The highest BCUT2D eigenvalue weighted by Gasteiger charge is 2.25. The molecule has 1 aromatic carbocycles. The molecule has 0 amide bonds. The van der Waals surface area contributed by atoms with Gasteiger partial charge in [-0.05, 0) is 57.9 Å². The molecule has 1 aromatic heterocycles. The highest BCUT2D eigenvalue weighted by atomic mass is 16.1. The van der Waals surface area contributed by atoms with E-state index in [1.807, 2.05) is 35.1 Å². The Balaban J connectivity index is 1.75. The largest absolute Gasteiger partial charge is 0.318 e. The highest BCUT2D eigenvalue weighted by molar-refractivity contribution is 5.97. The summed E-state index contributed by atoms with van der Waals surface area (Å²) in [5.41, 5.74) is 2.78. The molecule has 5 nitrogen and oxygen atoms in total. The first kappa shape index (κ1) is 27.2. The van der Waals surface area contributed by atoms with Gasteiger partial charge in [-0.3, -0.25) is 4.79 Å². The second-order valence-electron chi connectivity index (χ2n) is 9.50. The SMILES string of the molecule is CCCCCCCCCCCCc1cn(-c2ccc(C(=O)C[N+](CC)(CC)CC)cc2)nn1. The summed E-state index contributed by atoms with van der Waals surface area (Å²) >= 11 is 0. The van der Waals surface area contributed by atoms with Crippen LogP contribution in [-0.2, 0) is 6.42 Å². The summed E-state index contributed by atoms with van der Waals surface area (Å²) < 4.78 is 2.66. The molecular formula is C28H47N4O+. The molecule has 2 aromatic rings. The van der Waals surface area contributed by atoms with Crippen LogP contribution < -0.4 is 0 Å². The molecule has 0 aliphatic heterocycles. The standard InChI is InChI=1S/C28H47N4O/c1-5-9-10-11-12-13-14-15-16-17-18-26-23-31(30-29-26)27-21-19-25(20-22-27)28(33)24-32(6-2,7-3)8-4/h19-23H,5-18,24H2,1-4H3/q+1. The molecule has 0 saturated heterocycles. The summed E-state index contributed by atoms with van der Waals surface area (Å²) in [5, 5.41) is 8.65. The monoisotopic (exact) mass is 455 g/mol. The molecule has 0 spiro atoms. The number of aromatic nitrogens is 3. The van der Waals surface area contributed by atoms with E-state index in [4.69, 9.17) is 0 Å². The molecule has 0 saturated carbocycles. The summed E-state index contributed by atoms with van der Waals surface area (Å²) in [4.78, 5) is 12.8. The fourth-order valence-electron chi connectivity index (χ4n) is 4.53. The molecule has 5 heteroatoms. The van der Waals surface area contributed by atoms with Crippen LogP contribution in [0.25, 0.3) is 5.69 Å². The van der Waals surface area contributed by atoms with Gasteiger partial charge in [-0.25, -0.2) is 4.68 Å². The Bertz CT molecular complexity index is 784. The lowest BCUT2D eigenvalue weighted by Gasteiger charge is -2.35. The van der Waals surface area contributed by atoms with Crippen molar-refractivity contribution in [3.8, 4) is 5.69 Å². The number of rotatable bonds is 18. The van der Waals surface area contributed by atoms with Crippen molar-refractivity contribution in [3.63, 3.8) is 0 Å². The van der Waals surface area contributed by atoms with E-state index in [1.54, 1.807) is 0 Å². The van der Waals surface area contributed by atoms with Gasteiger partial charge in [0, 0.05) is 5.56 Å². The Labute approximate surface area is 202 Å². The zero-order valence-electron chi connectivity index (χ0n) is 21.7. The van der Waals surface area contributed by atoms with Crippen LogP contribution in [0.2, 0.25) is 0 Å². The molecule has 0 aliphatic carbocycles. The maximum Gasteiger partial charge on any atom is 0.216 e. The lowest BCUT2D eigenvalue weighted by molar-refractivity contribution is -0.915. The van der Waals surface area contributed by atoms with Gasteiger partial charge in [0.05, 0.1) is 37.2 Å². The smallest absolute Gasteiger partial charge is 0.216 e. The van der Waals surface area contributed by atoms with Gasteiger partial charge < -0.3 is 4.48 Å². The van der Waals surface area contributed by atoms with Crippen LogP contribution >= 0.6 is 0 Å². The van der Waals surface area contributed by atoms with Crippen LogP contribution in [0, 0.1) is 0 Å². The third-order valence-electron chi connectivity index (χ3n) is 7.27. The van der Waals surface area contributed by atoms with Crippen molar-refractivity contribution in [1.82, 2.24) is 15.0 Å². The first-order valence-corrected chi connectivity index (χ1v) is 13.5. The number of likely N-dealkylation sites (N-methyl/N-ethyl adjacent to an activating group) is 1. The molecule has 0 aliphatic rings. The molecule has 1 heterocycles. The zero-order chi connectivity index (χ0) is 23.9. The van der Waals surface area contributed by atoms with Gasteiger partial charge in [0.2, 0.25) is 5.78 Å². The Morgan fingerprint density at radius 2 is 1.33 bits per heavy atom. The van der Waals surface area contributed by atoms with Crippen LogP contribution in [-0.4, -0.2) is 51.4 Å². The molecule has 0 bridgehead atoms. The van der Waals surface area contributed by atoms with Crippen LogP contribution in [0.15, 0.2) is 30.5 Å². The van der Waals surface area contributed by atoms with Gasteiger partial charge in [0.15, 0.2) is 0 Å². The fraction of sp³-hybridized carbons (Fsp3) is 0.679. The maximum absolute atomic E-state index is 12.8. The lowest BCUT2D eigenvalue weighted by Crippen LogP contribution is -2.50. The normalized spacial score (nSPS) is 11.8. The van der Waals surface area contributed by atoms with E-state index < -0.39 is 0 Å². The first-order chi connectivity index (χ1) is 16.1. The van der Waals surface area contributed by atoms with Crippen LogP contribution in [0.4, 0.5) is 0 Å². The second kappa shape index (κ2) is 15.0. The van der Waals surface area contributed by atoms with Crippen molar-refractivity contribution in [1.29, 1.82) is 0 Å². The second-order valence-corrected chi connectivity index (χ2v) is 9.50. The molecule has 0 unspecified atom stereocenters. The Kier molecular flexibility index (Phi) is 12.4. The predicted octanol–water partition coefficient (Wildman–Crippen LogP) is 6.79. The average molecular weight is 456 g/mol. The average Bonchev–Trinajstić information content (AvgIpc) is 3.33. The van der Waals surface area contributed by atoms with Crippen molar-refractivity contribution < 1.29 is 9.28 Å². The van der Waals surface area contributed by atoms with Gasteiger partial charge in [-0.15, -0.1) is 5.10 Å². The molecular weight excluding hydrogens is 408 g/mol. The van der Waals surface area contributed by atoms with Crippen molar-refractivity contribution in [2.75, 3.05) is 26.2 Å². The number of Topliss-reactive ketones (excluding diaryl/α,β-unsaturated/α-hetero) is 1. The number of hydrogen-bond donors (Lipinski definition) is 0. The maximum atomic E-state index is 12.8. The minimum Gasteiger partial charge on any atom is -0.318 e. The van der Waals surface area contributed by atoms with Crippen LogP contribution in [0.5, 0.6) is 0 Å². The molecule has 0 atom stereocenters. The van der Waals surface area contributed by atoms with Crippen molar-refractivity contribution in [3.05, 3.63) is 41.7 Å². The minimum atomic E-state index is 0.215. The Morgan fingerprint density at radius 1 is 0.788 bits per heavy atom. The summed E-state index contributed by atoms with van der Waals surface area (Å²) in [6, 6.07) is 7.81. The number of carbonyl (C=O) groups is 1. The first-order valence-electron chi connectivity index (χ1n) is 13.5. The van der Waals surface area contributed by atoms with E-state index in [0.717, 1.165) is 47.5 Å². The number of nitrogens with zero attached hydrogens (tertiary/aromatic N) is 4. The van der Waals surface area contributed by atoms with E-state index in [2.05, 4.69) is 38.0 Å².